The van der Waals surface area contributed by atoms with E-state index in [4.69, 9.17) is 0 Å². The Morgan fingerprint density at radius 1 is 1.07 bits per heavy atom. The van der Waals surface area contributed by atoms with Crippen LogP contribution in [0, 0.1) is 0 Å². The van der Waals surface area contributed by atoms with Gasteiger partial charge in [-0.05, 0) is 30.0 Å². The predicted octanol–water partition coefficient (Wildman–Crippen LogP) is 2.12. The molecule has 2 aliphatic rings. The van der Waals surface area contributed by atoms with Crippen LogP contribution in [-0.4, -0.2) is 47.2 Å². The Kier molecular flexibility index (Phi) is 4.86. The smallest absolute Gasteiger partial charge is 0.255 e. The van der Waals surface area contributed by atoms with Crippen molar-refractivity contribution < 1.29 is 14.4 Å². The van der Waals surface area contributed by atoms with E-state index in [0.29, 0.717) is 12.1 Å². The number of fused-ring (bicyclic) bond motifs is 1. The van der Waals surface area contributed by atoms with Gasteiger partial charge in [0, 0.05) is 25.2 Å². The molecule has 2 aromatic carbocycles. The zero-order chi connectivity index (χ0) is 19.7. The molecule has 0 aromatic heterocycles. The van der Waals surface area contributed by atoms with Crippen molar-refractivity contribution in [3.63, 3.8) is 0 Å². The summed E-state index contributed by atoms with van der Waals surface area (Å²) in [5.41, 5.74) is 2.34. The van der Waals surface area contributed by atoms with Crippen LogP contribution in [0.15, 0.2) is 54.6 Å². The Morgan fingerprint density at radius 3 is 2.46 bits per heavy atom. The minimum absolute atomic E-state index is 0.0898. The molecule has 1 heterocycles. The maximum atomic E-state index is 12.9. The zero-order valence-electron chi connectivity index (χ0n) is 15.8. The molecule has 6 nitrogen and oxygen atoms in total. The van der Waals surface area contributed by atoms with Gasteiger partial charge in [-0.3, -0.25) is 14.4 Å². The number of rotatable bonds is 6. The summed E-state index contributed by atoms with van der Waals surface area (Å²) in [6, 6.07) is 16.4. The minimum atomic E-state index is -0.650. The third-order valence-corrected chi connectivity index (χ3v) is 5.29. The standard InChI is InChI=1S/C22H23N3O3/c1-24(14-15-7-3-2-4-8-15)19(26)13-23-21(27)20-17-9-5-6-10-18(17)22(28)25(20)16-11-12-16/h2-10,16,20H,11-14H2,1H3,(H,23,27). The van der Waals surface area contributed by atoms with E-state index in [2.05, 4.69) is 5.32 Å². The van der Waals surface area contributed by atoms with Gasteiger partial charge in [-0.1, -0.05) is 48.5 Å². The number of hydrogen-bond donors (Lipinski definition) is 1. The number of benzene rings is 2. The van der Waals surface area contributed by atoms with Gasteiger partial charge in [-0.15, -0.1) is 0 Å². The molecule has 1 fully saturated rings. The fourth-order valence-corrected chi connectivity index (χ4v) is 3.67. The summed E-state index contributed by atoms with van der Waals surface area (Å²) < 4.78 is 0. The van der Waals surface area contributed by atoms with E-state index in [9.17, 15) is 14.4 Å². The van der Waals surface area contributed by atoms with Crippen molar-refractivity contribution in [3.05, 3.63) is 71.3 Å². The van der Waals surface area contributed by atoms with Gasteiger partial charge in [-0.2, -0.15) is 0 Å². The van der Waals surface area contributed by atoms with E-state index < -0.39 is 6.04 Å². The van der Waals surface area contributed by atoms with E-state index in [0.717, 1.165) is 24.0 Å². The van der Waals surface area contributed by atoms with Crippen molar-refractivity contribution in [2.75, 3.05) is 13.6 Å². The summed E-state index contributed by atoms with van der Waals surface area (Å²) in [5, 5.41) is 2.74. The Morgan fingerprint density at radius 2 is 1.75 bits per heavy atom. The SMILES string of the molecule is CN(Cc1ccccc1)C(=O)CNC(=O)C1c2ccccc2C(=O)N1C1CC1. The summed E-state index contributed by atoms with van der Waals surface area (Å²) in [5.74, 6) is -0.565. The van der Waals surface area contributed by atoms with Gasteiger partial charge in [0.25, 0.3) is 5.91 Å². The monoisotopic (exact) mass is 377 g/mol. The van der Waals surface area contributed by atoms with Gasteiger partial charge in [0.15, 0.2) is 0 Å². The van der Waals surface area contributed by atoms with Gasteiger partial charge >= 0.3 is 0 Å². The number of likely N-dealkylation sites (N-methyl/N-ethyl adjacent to an activating group) is 1. The van der Waals surface area contributed by atoms with Crippen LogP contribution in [0.3, 0.4) is 0 Å². The van der Waals surface area contributed by atoms with Crippen LogP contribution in [0.2, 0.25) is 0 Å². The molecule has 0 spiro atoms. The maximum Gasteiger partial charge on any atom is 0.255 e. The molecule has 0 saturated heterocycles. The fourth-order valence-electron chi connectivity index (χ4n) is 3.67. The van der Waals surface area contributed by atoms with Crippen LogP contribution in [0.1, 0.15) is 40.4 Å². The molecule has 2 aromatic rings. The van der Waals surface area contributed by atoms with Crippen LogP contribution >= 0.6 is 0 Å². The van der Waals surface area contributed by atoms with Crippen molar-refractivity contribution in [1.29, 1.82) is 0 Å². The highest BCUT2D eigenvalue weighted by atomic mass is 16.2. The van der Waals surface area contributed by atoms with Crippen LogP contribution in [-0.2, 0) is 16.1 Å². The lowest BCUT2D eigenvalue weighted by atomic mass is 10.0. The van der Waals surface area contributed by atoms with E-state index >= 15 is 0 Å². The Hall–Kier alpha value is -3.15. The first kappa shape index (κ1) is 18.2. The number of carbonyl (C=O) groups excluding carboxylic acids is 3. The van der Waals surface area contributed by atoms with E-state index in [-0.39, 0.29) is 30.3 Å². The second kappa shape index (κ2) is 7.46. The van der Waals surface area contributed by atoms with Crippen molar-refractivity contribution in [2.24, 2.45) is 0 Å². The third kappa shape index (κ3) is 3.50. The number of amides is 3. The largest absolute Gasteiger partial charge is 0.345 e. The molecule has 1 aliphatic heterocycles. The first-order valence-electron chi connectivity index (χ1n) is 9.53. The van der Waals surface area contributed by atoms with Gasteiger partial charge in [0.05, 0.1) is 6.54 Å². The molecule has 3 amide bonds. The molecular weight excluding hydrogens is 354 g/mol. The van der Waals surface area contributed by atoms with E-state index in [1.165, 1.54) is 0 Å². The molecule has 6 heteroatoms. The molecule has 1 N–H and O–H groups in total. The first-order chi connectivity index (χ1) is 13.6. The normalized spacial score (nSPS) is 18.0. The zero-order valence-corrected chi connectivity index (χ0v) is 15.8. The van der Waals surface area contributed by atoms with Gasteiger partial charge in [0.1, 0.15) is 6.04 Å². The van der Waals surface area contributed by atoms with Crippen molar-refractivity contribution in [3.8, 4) is 0 Å². The average Bonchev–Trinajstić information content (AvgIpc) is 3.51. The lowest BCUT2D eigenvalue weighted by Crippen LogP contribution is -2.44. The second-order valence-corrected chi connectivity index (χ2v) is 7.39. The highest BCUT2D eigenvalue weighted by molar-refractivity contribution is 6.05. The van der Waals surface area contributed by atoms with E-state index in [1.807, 2.05) is 48.5 Å². The van der Waals surface area contributed by atoms with Gasteiger partial charge < -0.3 is 15.1 Å². The Labute approximate surface area is 164 Å². The molecular formula is C22H23N3O3. The third-order valence-electron chi connectivity index (χ3n) is 5.29. The molecule has 1 atom stereocenters. The maximum absolute atomic E-state index is 12.9. The molecule has 1 saturated carbocycles. The van der Waals surface area contributed by atoms with Crippen LogP contribution in [0.25, 0.3) is 0 Å². The number of carbonyl (C=O) groups is 3. The van der Waals surface area contributed by atoms with E-state index in [1.54, 1.807) is 22.9 Å². The molecule has 144 valence electrons. The van der Waals surface area contributed by atoms with Crippen LogP contribution < -0.4 is 5.32 Å². The predicted molar refractivity (Wildman–Crippen MR) is 104 cm³/mol. The lowest BCUT2D eigenvalue weighted by molar-refractivity contribution is -0.133. The average molecular weight is 377 g/mol. The van der Waals surface area contributed by atoms with Gasteiger partial charge in [-0.25, -0.2) is 0 Å². The molecule has 1 unspecified atom stereocenters. The summed E-state index contributed by atoms with van der Waals surface area (Å²) in [6.45, 7) is 0.391. The minimum Gasteiger partial charge on any atom is -0.345 e. The Bertz CT molecular complexity index is 908. The lowest BCUT2D eigenvalue weighted by Gasteiger charge is -2.25. The summed E-state index contributed by atoms with van der Waals surface area (Å²) in [4.78, 5) is 41.3. The van der Waals surface area contributed by atoms with Crippen molar-refractivity contribution in [2.45, 2.75) is 31.5 Å². The summed E-state index contributed by atoms with van der Waals surface area (Å²) in [7, 11) is 1.71. The molecule has 0 bridgehead atoms. The molecule has 0 radical (unpaired) electrons. The second-order valence-electron chi connectivity index (χ2n) is 7.39. The highest BCUT2D eigenvalue weighted by Crippen LogP contribution is 2.41. The molecule has 4 rings (SSSR count). The summed E-state index contributed by atoms with van der Waals surface area (Å²) >= 11 is 0. The topological polar surface area (TPSA) is 69.7 Å². The molecule has 28 heavy (non-hydrogen) atoms. The van der Waals surface area contributed by atoms with Crippen LogP contribution in [0.4, 0.5) is 0 Å². The summed E-state index contributed by atoms with van der Waals surface area (Å²) in [6.07, 6.45) is 1.84. The first-order valence-corrected chi connectivity index (χ1v) is 9.53. The quantitative estimate of drug-likeness (QED) is 0.838. The van der Waals surface area contributed by atoms with Crippen molar-refractivity contribution >= 4 is 17.7 Å². The molecule has 1 aliphatic carbocycles. The van der Waals surface area contributed by atoms with Crippen molar-refractivity contribution in [1.82, 2.24) is 15.1 Å². The van der Waals surface area contributed by atoms with Gasteiger partial charge in [0.2, 0.25) is 11.8 Å². The highest BCUT2D eigenvalue weighted by Gasteiger charge is 2.47. The number of nitrogens with zero attached hydrogens (tertiary/aromatic N) is 2. The number of nitrogens with one attached hydrogen (secondary N) is 1. The Balaban J connectivity index is 1.41. The number of hydrogen-bond acceptors (Lipinski definition) is 3. The van der Waals surface area contributed by atoms with Crippen LogP contribution in [0.5, 0.6) is 0 Å². The fraction of sp³-hybridized carbons (Fsp3) is 0.318.